The summed E-state index contributed by atoms with van der Waals surface area (Å²) in [6, 6.07) is 1.74. The molecule has 6 nitrogen and oxygen atoms in total. The second-order valence-corrected chi connectivity index (χ2v) is 5.17. The largest absolute Gasteiger partial charge is 0.396 e. The van der Waals surface area contributed by atoms with Crippen LogP contribution in [0, 0.1) is 0 Å². The minimum absolute atomic E-state index is 0.0438. The number of likely N-dealkylation sites (N-methyl/N-ethyl adjacent to an activating group) is 1. The molecule has 0 saturated heterocycles. The first-order valence-corrected chi connectivity index (χ1v) is 7.33. The van der Waals surface area contributed by atoms with E-state index in [-0.39, 0.29) is 19.1 Å². The predicted octanol–water partition coefficient (Wildman–Crippen LogP) is 0.145. The van der Waals surface area contributed by atoms with Crippen LogP contribution in [0.25, 0.3) is 0 Å². The number of amides is 1. The van der Waals surface area contributed by atoms with Gasteiger partial charge in [-0.2, -0.15) is 11.8 Å². The Morgan fingerprint density at radius 2 is 2.16 bits per heavy atom. The maximum absolute atomic E-state index is 11.7. The lowest BCUT2D eigenvalue weighted by Crippen LogP contribution is -2.36. The third-order valence-corrected chi connectivity index (χ3v) is 3.36. The first-order valence-electron chi connectivity index (χ1n) is 6.17. The number of aliphatic hydroxyl groups is 1. The van der Waals surface area contributed by atoms with Gasteiger partial charge in [0.1, 0.15) is 0 Å². The molecular weight excluding hydrogens is 264 g/mol. The maximum atomic E-state index is 11.7. The van der Waals surface area contributed by atoms with Gasteiger partial charge in [0.05, 0.1) is 6.54 Å². The standard InChI is InChI=1S/C12H20N4O2S/c1-16(12-14-4-2-5-15-12)10-11(18)13-6-9-19-8-3-7-17/h2,4-5,17H,3,6-10H2,1H3,(H,13,18). The van der Waals surface area contributed by atoms with Crippen LogP contribution >= 0.6 is 11.8 Å². The molecule has 1 aromatic heterocycles. The lowest BCUT2D eigenvalue weighted by Gasteiger charge is -2.15. The summed E-state index contributed by atoms with van der Waals surface area (Å²) in [7, 11) is 1.78. The smallest absolute Gasteiger partial charge is 0.239 e. The normalized spacial score (nSPS) is 10.2. The molecule has 0 fully saturated rings. The van der Waals surface area contributed by atoms with Crippen LogP contribution in [0.1, 0.15) is 6.42 Å². The first kappa shape index (κ1) is 15.7. The molecule has 0 atom stereocenters. The van der Waals surface area contributed by atoms with Crippen molar-refractivity contribution in [3.8, 4) is 0 Å². The molecule has 0 aliphatic carbocycles. The average molecular weight is 284 g/mol. The fourth-order valence-corrected chi connectivity index (χ4v) is 2.15. The molecule has 2 N–H and O–H groups in total. The first-order chi connectivity index (χ1) is 9.24. The second kappa shape index (κ2) is 9.57. The van der Waals surface area contributed by atoms with Crippen LogP contribution in [-0.2, 0) is 4.79 Å². The van der Waals surface area contributed by atoms with Crippen molar-refractivity contribution in [2.75, 3.05) is 43.1 Å². The number of thioether (sulfide) groups is 1. The number of carbonyl (C=O) groups excluding carboxylic acids is 1. The van der Waals surface area contributed by atoms with Gasteiger partial charge >= 0.3 is 0 Å². The van der Waals surface area contributed by atoms with Crippen molar-refractivity contribution >= 4 is 23.6 Å². The molecule has 1 aromatic rings. The Bertz CT molecular complexity index is 364. The van der Waals surface area contributed by atoms with E-state index in [9.17, 15) is 4.79 Å². The molecule has 0 radical (unpaired) electrons. The second-order valence-electron chi connectivity index (χ2n) is 3.94. The summed E-state index contributed by atoms with van der Waals surface area (Å²) >= 11 is 1.72. The molecule has 0 aliphatic rings. The highest BCUT2D eigenvalue weighted by atomic mass is 32.2. The van der Waals surface area contributed by atoms with Gasteiger partial charge in [-0.3, -0.25) is 4.79 Å². The molecule has 1 rings (SSSR count). The van der Waals surface area contributed by atoms with Crippen molar-refractivity contribution in [1.29, 1.82) is 0 Å². The van der Waals surface area contributed by atoms with Gasteiger partial charge in [-0.1, -0.05) is 0 Å². The van der Waals surface area contributed by atoms with Crippen molar-refractivity contribution in [3.63, 3.8) is 0 Å². The molecule has 106 valence electrons. The minimum atomic E-state index is -0.0438. The van der Waals surface area contributed by atoms with E-state index in [1.807, 2.05) is 0 Å². The monoisotopic (exact) mass is 284 g/mol. The van der Waals surface area contributed by atoms with Crippen molar-refractivity contribution in [3.05, 3.63) is 18.5 Å². The van der Waals surface area contributed by atoms with E-state index in [1.165, 1.54) is 0 Å². The van der Waals surface area contributed by atoms with Gasteiger partial charge in [0, 0.05) is 38.3 Å². The number of anilines is 1. The van der Waals surface area contributed by atoms with Gasteiger partial charge in [0.2, 0.25) is 11.9 Å². The van der Waals surface area contributed by atoms with E-state index in [2.05, 4.69) is 15.3 Å². The van der Waals surface area contributed by atoms with Gasteiger partial charge in [0.25, 0.3) is 0 Å². The third-order valence-electron chi connectivity index (χ3n) is 2.29. The third kappa shape index (κ3) is 6.97. The number of rotatable bonds is 9. The van der Waals surface area contributed by atoms with Gasteiger partial charge in [0.15, 0.2) is 0 Å². The summed E-state index contributed by atoms with van der Waals surface area (Å²) in [6.45, 7) is 1.10. The highest BCUT2D eigenvalue weighted by Gasteiger charge is 2.08. The number of aliphatic hydroxyl groups excluding tert-OH is 1. The molecule has 0 aromatic carbocycles. The lowest BCUT2D eigenvalue weighted by molar-refractivity contribution is -0.119. The molecule has 1 heterocycles. The van der Waals surface area contributed by atoms with Crippen LogP contribution < -0.4 is 10.2 Å². The summed E-state index contributed by atoms with van der Waals surface area (Å²) in [5.41, 5.74) is 0. The number of hydrogen-bond acceptors (Lipinski definition) is 6. The molecule has 0 bridgehead atoms. The van der Waals surface area contributed by atoms with Crippen molar-refractivity contribution in [2.24, 2.45) is 0 Å². The zero-order chi connectivity index (χ0) is 13.9. The van der Waals surface area contributed by atoms with Crippen LogP contribution in [-0.4, -0.2) is 59.2 Å². The summed E-state index contributed by atoms with van der Waals surface area (Å²) in [5, 5.41) is 11.5. The van der Waals surface area contributed by atoms with Crippen LogP contribution in [0.3, 0.4) is 0 Å². The Labute approximate surface area is 117 Å². The van der Waals surface area contributed by atoms with Crippen LogP contribution in [0.2, 0.25) is 0 Å². The van der Waals surface area contributed by atoms with Crippen molar-refractivity contribution in [1.82, 2.24) is 15.3 Å². The lowest BCUT2D eigenvalue weighted by atomic mass is 10.5. The Kier molecular flexibility index (Phi) is 7.92. The van der Waals surface area contributed by atoms with E-state index in [1.54, 1.807) is 42.2 Å². The van der Waals surface area contributed by atoms with Crippen LogP contribution in [0.4, 0.5) is 5.95 Å². The van der Waals surface area contributed by atoms with E-state index in [4.69, 9.17) is 5.11 Å². The molecule has 0 unspecified atom stereocenters. The molecule has 0 saturated carbocycles. The van der Waals surface area contributed by atoms with Gasteiger partial charge in [-0.05, 0) is 18.2 Å². The number of carbonyl (C=O) groups is 1. The van der Waals surface area contributed by atoms with Crippen molar-refractivity contribution < 1.29 is 9.90 Å². The highest BCUT2D eigenvalue weighted by molar-refractivity contribution is 7.99. The highest BCUT2D eigenvalue weighted by Crippen LogP contribution is 2.01. The minimum Gasteiger partial charge on any atom is -0.396 e. The van der Waals surface area contributed by atoms with E-state index >= 15 is 0 Å². The topological polar surface area (TPSA) is 78.4 Å². The van der Waals surface area contributed by atoms with Gasteiger partial charge in [-0.25, -0.2) is 9.97 Å². The van der Waals surface area contributed by atoms with Crippen LogP contribution in [0.15, 0.2) is 18.5 Å². The Morgan fingerprint density at radius 1 is 1.42 bits per heavy atom. The Morgan fingerprint density at radius 3 is 2.84 bits per heavy atom. The van der Waals surface area contributed by atoms with Gasteiger partial charge < -0.3 is 15.3 Å². The number of nitrogens with one attached hydrogen (secondary N) is 1. The zero-order valence-electron chi connectivity index (χ0n) is 11.1. The summed E-state index contributed by atoms with van der Waals surface area (Å²) in [6.07, 6.45) is 4.09. The Balaban J connectivity index is 2.14. The van der Waals surface area contributed by atoms with Crippen molar-refractivity contribution in [2.45, 2.75) is 6.42 Å². The molecular formula is C12H20N4O2S. The predicted molar refractivity (Wildman–Crippen MR) is 77.3 cm³/mol. The SMILES string of the molecule is CN(CC(=O)NCCSCCCO)c1ncccn1. The van der Waals surface area contributed by atoms with E-state index in [0.717, 1.165) is 17.9 Å². The quantitative estimate of drug-likeness (QED) is 0.628. The Hall–Kier alpha value is -1.34. The molecule has 0 aliphatic heterocycles. The molecule has 1 amide bonds. The van der Waals surface area contributed by atoms with Crippen LogP contribution in [0.5, 0.6) is 0 Å². The average Bonchev–Trinajstić information content (AvgIpc) is 2.43. The fourth-order valence-electron chi connectivity index (χ4n) is 1.36. The molecule has 19 heavy (non-hydrogen) atoms. The number of hydrogen-bond donors (Lipinski definition) is 2. The summed E-state index contributed by atoms with van der Waals surface area (Å²) < 4.78 is 0. The summed E-state index contributed by atoms with van der Waals surface area (Å²) in [5.74, 6) is 2.27. The molecule has 0 spiro atoms. The zero-order valence-corrected chi connectivity index (χ0v) is 11.9. The maximum Gasteiger partial charge on any atom is 0.239 e. The van der Waals surface area contributed by atoms with E-state index < -0.39 is 0 Å². The number of nitrogens with zero attached hydrogens (tertiary/aromatic N) is 3. The number of aromatic nitrogens is 2. The van der Waals surface area contributed by atoms with E-state index in [0.29, 0.717) is 12.5 Å². The fraction of sp³-hybridized carbons (Fsp3) is 0.583. The van der Waals surface area contributed by atoms with Gasteiger partial charge in [-0.15, -0.1) is 0 Å². The molecule has 7 heteroatoms. The summed E-state index contributed by atoms with van der Waals surface area (Å²) in [4.78, 5) is 21.5.